The third kappa shape index (κ3) is 3.44. The molecule has 0 aliphatic carbocycles. The number of rotatable bonds is 4. The second-order valence-corrected chi connectivity index (χ2v) is 7.11. The monoisotopic (exact) mass is 375 g/mol. The fourth-order valence-electron chi connectivity index (χ4n) is 2.76. The average Bonchev–Trinajstić information content (AvgIpc) is 2.60. The van der Waals surface area contributed by atoms with Crippen molar-refractivity contribution in [3.63, 3.8) is 0 Å². The molecule has 0 heterocycles. The first kappa shape index (κ1) is 18.0. The van der Waals surface area contributed by atoms with Crippen molar-refractivity contribution in [2.45, 2.75) is 4.90 Å². The Kier molecular flexibility index (Phi) is 4.76. The van der Waals surface area contributed by atoms with Gasteiger partial charge in [0.05, 0.1) is 12.0 Å². The number of halogens is 2. The van der Waals surface area contributed by atoms with Crippen molar-refractivity contribution in [1.82, 2.24) is 0 Å². The predicted octanol–water partition coefficient (Wildman–Crippen LogP) is 3.95. The maximum absolute atomic E-state index is 14.3. The van der Waals surface area contributed by atoms with Gasteiger partial charge < -0.3 is 4.74 Å². The Labute approximate surface area is 149 Å². The molecule has 0 saturated heterocycles. The van der Waals surface area contributed by atoms with E-state index in [0.717, 1.165) is 12.1 Å². The third-order valence-corrected chi connectivity index (χ3v) is 4.90. The lowest BCUT2D eigenvalue weighted by Crippen LogP contribution is -2.13. The van der Waals surface area contributed by atoms with Crippen molar-refractivity contribution in [3.05, 3.63) is 72.3 Å². The minimum absolute atomic E-state index is 0.117. The predicted molar refractivity (Wildman–Crippen MR) is 95.2 cm³/mol. The van der Waals surface area contributed by atoms with E-state index in [-0.39, 0.29) is 16.0 Å². The van der Waals surface area contributed by atoms with Crippen LogP contribution in [0.5, 0.6) is 5.75 Å². The highest BCUT2D eigenvalue weighted by Crippen LogP contribution is 2.38. The first-order chi connectivity index (χ1) is 12.3. The zero-order valence-electron chi connectivity index (χ0n) is 13.7. The van der Waals surface area contributed by atoms with Crippen molar-refractivity contribution in [2.75, 3.05) is 7.11 Å². The zero-order valence-corrected chi connectivity index (χ0v) is 14.6. The normalized spacial score (nSPS) is 11.4. The number of benzene rings is 3. The molecule has 7 heteroatoms. The molecule has 0 bridgehead atoms. The maximum Gasteiger partial charge on any atom is 0.238 e. The molecule has 26 heavy (non-hydrogen) atoms. The second-order valence-electron chi connectivity index (χ2n) is 5.58. The summed E-state index contributed by atoms with van der Waals surface area (Å²) >= 11 is 0. The lowest BCUT2D eigenvalue weighted by atomic mass is 9.94. The molecule has 0 aromatic heterocycles. The molecule has 134 valence electrons. The van der Waals surface area contributed by atoms with Crippen LogP contribution in [0.4, 0.5) is 8.78 Å². The standard InChI is InChI=1S/C19H15F2NO3S/c1-25-13-7-9-19(26(22,23)24)17(11-13)15-5-3-2-4-14(15)16-8-6-12(20)10-18(16)21/h2-11H,1H3,(H2,22,23,24). The van der Waals surface area contributed by atoms with Gasteiger partial charge in [0.15, 0.2) is 0 Å². The van der Waals surface area contributed by atoms with Crippen LogP contribution in [0.3, 0.4) is 0 Å². The van der Waals surface area contributed by atoms with Gasteiger partial charge in [0.2, 0.25) is 10.0 Å². The summed E-state index contributed by atoms with van der Waals surface area (Å²) in [6.45, 7) is 0. The molecule has 0 fully saturated rings. The van der Waals surface area contributed by atoms with E-state index < -0.39 is 21.7 Å². The summed E-state index contributed by atoms with van der Waals surface area (Å²) in [5.74, 6) is -1.03. The highest BCUT2D eigenvalue weighted by atomic mass is 32.2. The van der Waals surface area contributed by atoms with Crippen LogP contribution in [0, 0.1) is 11.6 Å². The number of sulfonamides is 1. The summed E-state index contributed by atoms with van der Waals surface area (Å²) < 4.78 is 56.7. The molecule has 0 radical (unpaired) electrons. The van der Waals surface area contributed by atoms with E-state index in [1.807, 2.05) is 0 Å². The molecule has 2 N–H and O–H groups in total. The third-order valence-electron chi connectivity index (χ3n) is 3.93. The van der Waals surface area contributed by atoms with Crippen LogP contribution >= 0.6 is 0 Å². The van der Waals surface area contributed by atoms with E-state index in [2.05, 4.69) is 0 Å². The summed E-state index contributed by atoms with van der Waals surface area (Å²) in [6, 6.07) is 14.2. The summed E-state index contributed by atoms with van der Waals surface area (Å²) in [4.78, 5) is -0.117. The number of nitrogens with two attached hydrogens (primary N) is 1. The van der Waals surface area contributed by atoms with Crippen molar-refractivity contribution in [1.29, 1.82) is 0 Å². The van der Waals surface area contributed by atoms with Crippen molar-refractivity contribution in [3.8, 4) is 28.0 Å². The fraction of sp³-hybridized carbons (Fsp3) is 0.0526. The fourth-order valence-corrected chi connectivity index (χ4v) is 3.49. The van der Waals surface area contributed by atoms with Crippen LogP contribution in [0.1, 0.15) is 0 Å². The number of hydrogen-bond acceptors (Lipinski definition) is 3. The van der Waals surface area contributed by atoms with Gasteiger partial charge >= 0.3 is 0 Å². The summed E-state index contributed by atoms with van der Waals surface area (Å²) in [5.41, 5.74) is 1.25. The van der Waals surface area contributed by atoms with E-state index in [1.54, 1.807) is 24.3 Å². The molecule has 0 aliphatic heterocycles. The van der Waals surface area contributed by atoms with E-state index >= 15 is 0 Å². The van der Waals surface area contributed by atoms with Gasteiger partial charge in [0.1, 0.15) is 17.4 Å². The smallest absolute Gasteiger partial charge is 0.238 e. The lowest BCUT2D eigenvalue weighted by Gasteiger charge is -2.15. The van der Waals surface area contributed by atoms with E-state index in [9.17, 15) is 17.2 Å². The molecule has 3 aromatic carbocycles. The average molecular weight is 375 g/mol. The molecule has 4 nitrogen and oxygen atoms in total. The van der Waals surface area contributed by atoms with Gasteiger partial charge in [-0.15, -0.1) is 0 Å². The molecular formula is C19H15F2NO3S. The number of ether oxygens (including phenoxy) is 1. The minimum Gasteiger partial charge on any atom is -0.497 e. The SMILES string of the molecule is COc1ccc(S(N)(=O)=O)c(-c2ccccc2-c2ccc(F)cc2F)c1. The van der Waals surface area contributed by atoms with Crippen molar-refractivity contribution in [2.24, 2.45) is 5.14 Å². The minimum atomic E-state index is -4.03. The van der Waals surface area contributed by atoms with Crippen LogP contribution in [-0.2, 0) is 10.0 Å². The number of methoxy groups -OCH3 is 1. The first-order valence-electron chi connectivity index (χ1n) is 7.57. The van der Waals surface area contributed by atoms with Gasteiger partial charge in [-0.2, -0.15) is 0 Å². The molecule has 3 aromatic rings. The molecule has 0 spiro atoms. The molecular weight excluding hydrogens is 360 g/mol. The Hall–Kier alpha value is -2.77. The topological polar surface area (TPSA) is 69.4 Å². The zero-order chi connectivity index (χ0) is 18.9. The first-order valence-corrected chi connectivity index (χ1v) is 9.11. The Balaban J connectivity index is 2.33. The van der Waals surface area contributed by atoms with Gasteiger partial charge in [-0.1, -0.05) is 24.3 Å². The van der Waals surface area contributed by atoms with Gasteiger partial charge in [-0.05, 0) is 41.5 Å². The Morgan fingerprint density at radius 3 is 2.08 bits per heavy atom. The van der Waals surface area contributed by atoms with Crippen LogP contribution in [0.25, 0.3) is 22.3 Å². The Morgan fingerprint density at radius 2 is 1.50 bits per heavy atom. The van der Waals surface area contributed by atoms with Crippen LogP contribution < -0.4 is 9.88 Å². The summed E-state index contributed by atoms with van der Waals surface area (Å²) in [7, 11) is -2.59. The van der Waals surface area contributed by atoms with Crippen LogP contribution in [0.15, 0.2) is 65.6 Å². The summed E-state index contributed by atoms with van der Waals surface area (Å²) in [6.07, 6.45) is 0. The highest BCUT2D eigenvalue weighted by Gasteiger charge is 2.20. The maximum atomic E-state index is 14.3. The quantitative estimate of drug-likeness (QED) is 0.751. The molecule has 0 aliphatic rings. The van der Waals surface area contributed by atoms with E-state index in [0.29, 0.717) is 16.9 Å². The van der Waals surface area contributed by atoms with E-state index in [1.165, 1.54) is 31.4 Å². The highest BCUT2D eigenvalue weighted by molar-refractivity contribution is 7.89. The summed E-state index contributed by atoms with van der Waals surface area (Å²) in [5, 5.41) is 5.33. The van der Waals surface area contributed by atoms with E-state index in [4.69, 9.17) is 9.88 Å². The number of hydrogen-bond donors (Lipinski definition) is 1. The van der Waals surface area contributed by atoms with Crippen molar-refractivity contribution >= 4 is 10.0 Å². The lowest BCUT2D eigenvalue weighted by molar-refractivity contribution is 0.414. The largest absolute Gasteiger partial charge is 0.497 e. The van der Waals surface area contributed by atoms with Crippen molar-refractivity contribution < 1.29 is 21.9 Å². The van der Waals surface area contributed by atoms with Gasteiger partial charge in [0, 0.05) is 17.2 Å². The van der Waals surface area contributed by atoms with Gasteiger partial charge in [-0.3, -0.25) is 0 Å². The van der Waals surface area contributed by atoms with Crippen LogP contribution in [-0.4, -0.2) is 15.5 Å². The molecule has 0 atom stereocenters. The van der Waals surface area contributed by atoms with Crippen LogP contribution in [0.2, 0.25) is 0 Å². The second kappa shape index (κ2) is 6.86. The number of primary sulfonamides is 1. The Morgan fingerprint density at radius 1 is 0.846 bits per heavy atom. The molecule has 3 rings (SSSR count). The molecule has 0 unspecified atom stereocenters. The Bertz CT molecular complexity index is 1080. The van der Waals surface area contributed by atoms with Gasteiger partial charge in [0.25, 0.3) is 0 Å². The van der Waals surface area contributed by atoms with Gasteiger partial charge in [-0.25, -0.2) is 22.3 Å². The molecule has 0 amide bonds. The molecule has 0 saturated carbocycles.